The molecule has 1 fully saturated rings. The second-order valence-corrected chi connectivity index (χ2v) is 6.55. The molecule has 1 aromatic rings. The topological polar surface area (TPSA) is 50.9 Å². The average Bonchev–Trinajstić information content (AvgIpc) is 3.00. The summed E-state index contributed by atoms with van der Waals surface area (Å²) in [5.41, 5.74) is -1.15. The first-order valence-corrected chi connectivity index (χ1v) is 6.91. The van der Waals surface area contributed by atoms with Gasteiger partial charge in [0, 0.05) is 12.8 Å². The maximum absolute atomic E-state index is 10.9. The molecule has 1 heterocycles. The molecule has 19 heavy (non-hydrogen) atoms. The van der Waals surface area contributed by atoms with Gasteiger partial charge in [-0.2, -0.15) is 5.10 Å². The highest BCUT2D eigenvalue weighted by Crippen LogP contribution is 2.35. The molecule has 4 nitrogen and oxygen atoms in total. The Bertz CT molecular complexity index is 460. The molecule has 4 heteroatoms. The van der Waals surface area contributed by atoms with Crippen molar-refractivity contribution in [2.24, 2.45) is 11.3 Å². The SMILES string of the molecule is CC(C)(C)C(O)(CC#CCC1CC1)Cn1cncn1. The Morgan fingerprint density at radius 1 is 1.32 bits per heavy atom. The minimum Gasteiger partial charge on any atom is -0.386 e. The van der Waals surface area contributed by atoms with E-state index in [9.17, 15) is 5.11 Å². The van der Waals surface area contributed by atoms with Gasteiger partial charge in [-0.25, -0.2) is 4.98 Å². The lowest BCUT2D eigenvalue weighted by molar-refractivity contribution is -0.0692. The van der Waals surface area contributed by atoms with Gasteiger partial charge in [0.25, 0.3) is 0 Å². The summed E-state index contributed by atoms with van der Waals surface area (Å²) in [6.45, 7) is 6.53. The van der Waals surface area contributed by atoms with E-state index in [2.05, 4.69) is 21.9 Å². The maximum Gasteiger partial charge on any atom is 0.137 e. The van der Waals surface area contributed by atoms with E-state index >= 15 is 0 Å². The van der Waals surface area contributed by atoms with Crippen LogP contribution in [0.4, 0.5) is 0 Å². The first-order valence-electron chi connectivity index (χ1n) is 6.91. The van der Waals surface area contributed by atoms with Crippen molar-refractivity contribution in [1.29, 1.82) is 0 Å². The third kappa shape index (κ3) is 3.81. The van der Waals surface area contributed by atoms with Crippen LogP contribution >= 0.6 is 0 Å². The van der Waals surface area contributed by atoms with E-state index in [4.69, 9.17) is 0 Å². The molecule has 0 aliphatic heterocycles. The molecular weight excluding hydrogens is 238 g/mol. The zero-order valence-electron chi connectivity index (χ0n) is 12.1. The van der Waals surface area contributed by atoms with Crippen LogP contribution in [0.5, 0.6) is 0 Å². The number of hydrogen-bond acceptors (Lipinski definition) is 3. The maximum atomic E-state index is 10.9. The Kier molecular flexibility index (Phi) is 3.96. The summed E-state index contributed by atoms with van der Waals surface area (Å²) < 4.78 is 1.67. The molecule has 0 amide bonds. The molecule has 0 bridgehead atoms. The van der Waals surface area contributed by atoms with Crippen LogP contribution in [0.1, 0.15) is 46.5 Å². The van der Waals surface area contributed by atoms with Crippen LogP contribution in [0.15, 0.2) is 12.7 Å². The summed E-state index contributed by atoms with van der Waals surface area (Å²) in [5.74, 6) is 7.16. The van der Waals surface area contributed by atoms with Crippen LogP contribution in [0.2, 0.25) is 0 Å². The van der Waals surface area contributed by atoms with E-state index < -0.39 is 5.60 Å². The molecule has 1 saturated carbocycles. The van der Waals surface area contributed by atoms with Gasteiger partial charge in [0.05, 0.1) is 12.1 Å². The highest BCUT2D eigenvalue weighted by atomic mass is 16.3. The molecule has 0 radical (unpaired) electrons. The van der Waals surface area contributed by atoms with E-state index in [1.54, 1.807) is 11.0 Å². The van der Waals surface area contributed by atoms with Crippen molar-refractivity contribution in [2.45, 2.75) is 58.6 Å². The molecule has 1 aliphatic rings. The number of rotatable bonds is 4. The van der Waals surface area contributed by atoms with Crippen LogP contribution in [0.3, 0.4) is 0 Å². The quantitative estimate of drug-likeness (QED) is 0.846. The van der Waals surface area contributed by atoms with E-state index in [0.717, 1.165) is 12.3 Å². The fourth-order valence-electron chi connectivity index (χ4n) is 1.89. The largest absolute Gasteiger partial charge is 0.386 e. The van der Waals surface area contributed by atoms with Crippen molar-refractivity contribution in [2.75, 3.05) is 0 Å². The van der Waals surface area contributed by atoms with Gasteiger partial charge in [0.2, 0.25) is 0 Å². The normalized spacial score (nSPS) is 18.5. The van der Waals surface area contributed by atoms with Crippen molar-refractivity contribution in [3.63, 3.8) is 0 Å². The zero-order valence-corrected chi connectivity index (χ0v) is 12.1. The number of aliphatic hydroxyl groups is 1. The van der Waals surface area contributed by atoms with Gasteiger partial charge in [-0.15, -0.1) is 11.8 Å². The van der Waals surface area contributed by atoms with Crippen molar-refractivity contribution in [1.82, 2.24) is 14.8 Å². The van der Waals surface area contributed by atoms with Gasteiger partial charge in [-0.1, -0.05) is 20.8 Å². The Morgan fingerprint density at radius 3 is 2.58 bits per heavy atom. The van der Waals surface area contributed by atoms with Crippen LogP contribution < -0.4 is 0 Å². The summed E-state index contributed by atoms with van der Waals surface area (Å²) in [6, 6.07) is 0. The summed E-state index contributed by atoms with van der Waals surface area (Å²) in [6.07, 6.45) is 7.21. The van der Waals surface area contributed by atoms with Gasteiger partial charge >= 0.3 is 0 Å². The van der Waals surface area contributed by atoms with Crippen molar-refractivity contribution in [3.05, 3.63) is 12.7 Å². The van der Waals surface area contributed by atoms with Crippen molar-refractivity contribution < 1.29 is 5.11 Å². The second-order valence-electron chi connectivity index (χ2n) is 6.55. The fraction of sp³-hybridized carbons (Fsp3) is 0.733. The lowest BCUT2D eigenvalue weighted by Crippen LogP contribution is -2.46. The first kappa shape index (κ1) is 14.1. The van der Waals surface area contributed by atoms with Crippen LogP contribution in [0.25, 0.3) is 0 Å². The molecule has 1 N–H and O–H groups in total. The molecule has 1 atom stereocenters. The summed E-state index contributed by atoms with van der Waals surface area (Å²) in [7, 11) is 0. The number of nitrogens with zero attached hydrogens (tertiary/aromatic N) is 3. The zero-order chi connectivity index (χ0) is 13.9. The third-order valence-electron chi connectivity index (χ3n) is 3.88. The van der Waals surface area contributed by atoms with E-state index in [0.29, 0.717) is 13.0 Å². The molecule has 104 valence electrons. The fourth-order valence-corrected chi connectivity index (χ4v) is 1.89. The van der Waals surface area contributed by atoms with Crippen molar-refractivity contribution >= 4 is 0 Å². The minimum atomic E-state index is -0.892. The first-order chi connectivity index (χ1) is 8.91. The van der Waals surface area contributed by atoms with E-state index in [1.165, 1.54) is 19.2 Å². The monoisotopic (exact) mass is 261 g/mol. The Hall–Kier alpha value is -1.34. The molecule has 1 unspecified atom stereocenters. The van der Waals surface area contributed by atoms with Crippen LogP contribution in [-0.2, 0) is 6.54 Å². The Labute approximate surface area is 115 Å². The van der Waals surface area contributed by atoms with Gasteiger partial charge in [0.1, 0.15) is 12.7 Å². The van der Waals surface area contributed by atoms with Gasteiger partial charge < -0.3 is 5.11 Å². The number of hydrogen-bond donors (Lipinski definition) is 1. The number of aromatic nitrogens is 3. The van der Waals surface area contributed by atoms with Crippen LogP contribution in [-0.4, -0.2) is 25.5 Å². The molecule has 0 aromatic carbocycles. The lowest BCUT2D eigenvalue weighted by Gasteiger charge is -2.38. The summed E-state index contributed by atoms with van der Waals surface area (Å²) in [4.78, 5) is 3.92. The predicted octanol–water partition coefficient (Wildman–Crippen LogP) is 2.25. The standard InChI is InChI=1S/C15H23N3O/c1-14(2,3)15(19,10-18-12-16-11-17-18)9-5-4-6-13-7-8-13/h11-13,19H,6-10H2,1-3H3. The molecule has 0 spiro atoms. The van der Waals surface area contributed by atoms with Gasteiger partial charge in [-0.3, -0.25) is 4.68 Å². The summed E-state index contributed by atoms with van der Waals surface area (Å²) in [5, 5.41) is 15.0. The average molecular weight is 261 g/mol. The van der Waals surface area contributed by atoms with Crippen molar-refractivity contribution in [3.8, 4) is 11.8 Å². The molecule has 1 aliphatic carbocycles. The predicted molar refractivity (Wildman–Crippen MR) is 74.2 cm³/mol. The van der Waals surface area contributed by atoms with Crippen LogP contribution in [0, 0.1) is 23.2 Å². The highest BCUT2D eigenvalue weighted by Gasteiger charge is 2.40. The van der Waals surface area contributed by atoms with Gasteiger partial charge in [-0.05, 0) is 24.2 Å². The molecular formula is C15H23N3O. The van der Waals surface area contributed by atoms with E-state index in [-0.39, 0.29) is 5.41 Å². The molecule has 0 saturated heterocycles. The van der Waals surface area contributed by atoms with E-state index in [1.807, 2.05) is 20.8 Å². The third-order valence-corrected chi connectivity index (χ3v) is 3.88. The molecule has 1 aromatic heterocycles. The highest BCUT2D eigenvalue weighted by molar-refractivity contribution is 5.08. The smallest absolute Gasteiger partial charge is 0.137 e. The minimum absolute atomic E-state index is 0.257. The molecule has 2 rings (SSSR count). The Morgan fingerprint density at radius 2 is 2.05 bits per heavy atom. The lowest BCUT2D eigenvalue weighted by atomic mass is 9.74. The summed E-state index contributed by atoms with van der Waals surface area (Å²) >= 11 is 0. The Balaban J connectivity index is 2.02. The van der Waals surface area contributed by atoms with Gasteiger partial charge in [0.15, 0.2) is 0 Å². The second kappa shape index (κ2) is 5.34.